The molecule has 28 nitrogen and oxygen atoms in total. The summed E-state index contributed by atoms with van der Waals surface area (Å²) >= 11 is 19.1. The number of rotatable bonds is 12. The summed E-state index contributed by atoms with van der Waals surface area (Å²) in [6, 6.07) is 9.19. The number of carbonyl (C=O) groups excluding carboxylic acids is 1. The maximum atomic E-state index is 12.2. The number of aliphatic hydroxyl groups is 1. The molecule has 0 aromatic carbocycles. The van der Waals surface area contributed by atoms with Crippen LogP contribution in [0.15, 0.2) is 80.1 Å². The van der Waals surface area contributed by atoms with Crippen LogP contribution in [0.3, 0.4) is 0 Å². The van der Waals surface area contributed by atoms with E-state index in [1.165, 1.54) is 40.5 Å². The second-order valence-electron chi connectivity index (χ2n) is 34.9. The first-order chi connectivity index (χ1) is 58.7. The van der Waals surface area contributed by atoms with Crippen LogP contribution in [0.2, 0.25) is 15.5 Å². The van der Waals surface area contributed by atoms with Gasteiger partial charge in [-0.15, -0.1) is 0 Å². The Morgan fingerprint density at radius 1 is 0.459 bits per heavy atom. The van der Waals surface area contributed by atoms with Crippen LogP contribution in [0.25, 0.3) is 24.3 Å². The lowest BCUT2D eigenvalue weighted by molar-refractivity contribution is -0.124. The number of sulfone groups is 1. The molecule has 16 heterocycles. The quantitative estimate of drug-likeness (QED) is 0.0957. The van der Waals surface area contributed by atoms with Crippen molar-refractivity contribution in [3.05, 3.63) is 186 Å². The Labute approximate surface area is 729 Å². The monoisotopic (exact) mass is 1750 g/mol. The molecule has 8 aliphatic heterocycles. The normalized spacial score (nSPS) is 22.3. The van der Waals surface area contributed by atoms with Gasteiger partial charge in [0.05, 0.1) is 68.6 Å². The van der Waals surface area contributed by atoms with Gasteiger partial charge < -0.3 is 49.6 Å². The Kier molecular flexibility index (Phi) is 24.4. The third kappa shape index (κ3) is 18.0. The highest BCUT2D eigenvalue weighted by molar-refractivity contribution is 7.91. The molecule has 0 spiro atoms. The third-order valence-electron chi connectivity index (χ3n) is 26.3. The van der Waals surface area contributed by atoms with Gasteiger partial charge in [0.15, 0.2) is 9.84 Å². The Bertz CT molecular complexity index is 5700. The molecule has 4 saturated heterocycles. The van der Waals surface area contributed by atoms with Crippen LogP contribution >= 0.6 is 34.8 Å². The molecule has 3 N–H and O–H groups in total. The van der Waals surface area contributed by atoms with E-state index in [0.29, 0.717) is 60.1 Å². The first-order valence-corrected chi connectivity index (χ1v) is 47.8. The summed E-state index contributed by atoms with van der Waals surface area (Å²) in [5, 5.41) is 14.4. The molecular weight excluding hydrogens is 1640 g/mol. The number of nitrogens with one attached hydrogen (secondary N) is 2. The van der Waals surface area contributed by atoms with Crippen molar-refractivity contribution in [1.82, 2.24) is 69.8 Å². The highest BCUT2D eigenvalue weighted by Gasteiger charge is 2.40. The minimum Gasteiger partial charge on any atom is -0.390 e. The molecule has 0 radical (unpaired) electrons. The first kappa shape index (κ1) is 84.6. The molecule has 0 bridgehead atoms. The van der Waals surface area contributed by atoms with Crippen LogP contribution in [0.4, 0.5) is 46.0 Å². The van der Waals surface area contributed by atoms with Gasteiger partial charge >= 0.3 is 0 Å². The lowest BCUT2D eigenvalue weighted by Gasteiger charge is -2.41. The predicted octanol–water partition coefficient (Wildman–Crippen LogP) is 11.4. The zero-order valence-electron chi connectivity index (χ0n) is 70.5. The van der Waals surface area contributed by atoms with Crippen molar-refractivity contribution >= 4 is 131 Å². The molecule has 6 atom stereocenters. The van der Waals surface area contributed by atoms with Crippen molar-refractivity contribution in [2.45, 2.75) is 205 Å². The highest BCUT2D eigenvalue weighted by Crippen LogP contribution is 2.45. The van der Waals surface area contributed by atoms with Crippen LogP contribution in [-0.4, -0.2) is 201 Å². The summed E-state index contributed by atoms with van der Waals surface area (Å²) in [5.41, 5.74) is 21.9. The molecule has 122 heavy (non-hydrogen) atoms. The number of anilines is 8. The van der Waals surface area contributed by atoms with Gasteiger partial charge in [0.1, 0.15) is 64.0 Å². The van der Waals surface area contributed by atoms with Gasteiger partial charge in [-0.2, -0.15) is 0 Å². The number of hydrogen-bond donors (Lipinski definition) is 3. The number of allylic oxidation sites excluding steroid dienone is 4. The molecule has 8 aromatic heterocycles. The molecule has 33 heteroatoms. The SMILES string of the molecule is CNC(=O)[C@H]1CCCN(c2ncnc3c2CN(c2cc(Cl)nc4c2C=CC4)[C@H](C)C3)C1.C[C@@H]1Cc2ncnc(N3CCC(C)(O)CC3)c2CN1c1cc(Cl)nc2c1C=CC2.C[C@@H]1Cc2ncnc(N3CCC(NS(C)(=O)=O)CC3)c2CN1c1ccnc2c1C=CC2.C[C@@H]1Cc2ncnc(N3CCCC(S(C)(=O)=O)C3)c2CN1c1cc(Cl)nc2c1C=CC2. The second-order valence-corrected chi connectivity index (χ2v) is 40.1. The van der Waals surface area contributed by atoms with Gasteiger partial charge in [-0.1, -0.05) is 83.4 Å². The maximum absolute atomic E-state index is 12.2. The Morgan fingerprint density at radius 3 is 1.23 bits per heavy atom. The molecular formula is C89H107Cl3N22O6S2. The minimum absolute atomic E-state index is 0.00427. The Balaban J connectivity index is 0.000000116. The van der Waals surface area contributed by atoms with E-state index < -0.39 is 25.5 Å². The number of fused-ring (bicyclic) bond motifs is 8. The lowest BCUT2D eigenvalue weighted by Crippen LogP contribution is -2.46. The number of pyridine rings is 4. The maximum Gasteiger partial charge on any atom is 0.224 e. The number of halogens is 3. The average molecular weight is 1750 g/mol. The van der Waals surface area contributed by atoms with Crippen molar-refractivity contribution in [2.24, 2.45) is 5.92 Å². The van der Waals surface area contributed by atoms with Crippen molar-refractivity contribution in [3.8, 4) is 0 Å². The van der Waals surface area contributed by atoms with Gasteiger partial charge in [-0.05, 0) is 110 Å². The van der Waals surface area contributed by atoms with Crippen LogP contribution < -0.4 is 49.2 Å². The van der Waals surface area contributed by atoms with E-state index in [9.17, 15) is 26.7 Å². The largest absolute Gasteiger partial charge is 0.390 e. The van der Waals surface area contributed by atoms with Gasteiger partial charge in [-0.3, -0.25) is 9.78 Å². The fraction of sp³-hybridized carbons (Fsp3) is 0.494. The summed E-state index contributed by atoms with van der Waals surface area (Å²) in [5.74, 6) is 3.92. The number of carbonyl (C=O) groups is 1. The van der Waals surface area contributed by atoms with Crippen LogP contribution in [0.1, 0.15) is 176 Å². The number of piperidine rings is 4. The molecule has 4 fully saturated rings. The summed E-state index contributed by atoms with van der Waals surface area (Å²) in [6.07, 6.45) is 41.6. The smallest absolute Gasteiger partial charge is 0.224 e. The molecule has 642 valence electrons. The molecule has 0 saturated carbocycles. The van der Waals surface area contributed by atoms with E-state index in [0.717, 1.165) is 257 Å². The Hall–Kier alpha value is -9.56. The number of amides is 1. The van der Waals surface area contributed by atoms with E-state index >= 15 is 0 Å². The number of nitrogens with zero attached hydrogens (tertiary/aromatic N) is 20. The van der Waals surface area contributed by atoms with Crippen molar-refractivity contribution in [1.29, 1.82) is 0 Å². The molecule has 4 aliphatic carbocycles. The molecule has 20 rings (SSSR count). The van der Waals surface area contributed by atoms with Crippen molar-refractivity contribution in [2.75, 3.05) is 111 Å². The van der Waals surface area contributed by atoms with Gasteiger partial charge in [0, 0.05) is 247 Å². The number of sulfonamides is 1. The molecule has 1 amide bonds. The topological polar surface area (TPSA) is 310 Å². The predicted molar refractivity (Wildman–Crippen MR) is 483 cm³/mol. The standard InChI is InChI=1S/C23H27ClN6O.C22H26ClN5O2S.C22H26ClN5O.C22H28N6O2S/c1-14-9-19-17(12-30(14)20-10-21(24)28-18-7-3-6-16(18)20)22(27-13-26-19)29-8-4-5-15(11-29)23(31)25-2;1-14-9-19-17(12-28(14)20-10-21(23)26-18-7-3-6-16(18)20)22(25-13-24-19)27-8-4-5-15(11-27)31(2,29)30;1-14-10-18-16(21(25-13-24-18)27-8-6-22(2,29)7-9-27)12-28(14)19-11-20(23)26-17-5-3-4-15(17)19;1-15-12-20-18(13-28(15)21-6-9-23-19-5-3-4-17(19)21)22(25-14-24-20)27-10-7-16(8-11-27)26-31(2,29)30/h3,6,10,13-15H,4-5,7-9,11-12H2,1-2H3,(H,25,31);3,6,10,13-15H,4-5,7-9,11-12H2,1-2H3;3-4,11,13-14,29H,5-10,12H2,1-2H3;3-4,6,9,14-16,26H,5,7-8,10-13H2,1-2H3/t14-,15+;14-,15?;14-;15-/m1111/s1. The van der Waals surface area contributed by atoms with Gasteiger partial charge in [0.25, 0.3) is 0 Å². The fourth-order valence-corrected chi connectivity index (χ4v) is 22.3. The van der Waals surface area contributed by atoms with E-state index in [1.54, 1.807) is 32.4 Å². The van der Waals surface area contributed by atoms with E-state index in [2.05, 4.69) is 191 Å². The zero-order valence-corrected chi connectivity index (χ0v) is 74.4. The molecule has 12 aliphatic rings. The summed E-state index contributed by atoms with van der Waals surface area (Å²) in [4.78, 5) is 85.9. The van der Waals surface area contributed by atoms with E-state index in [1.807, 2.05) is 31.3 Å². The van der Waals surface area contributed by atoms with Crippen molar-refractivity contribution in [3.63, 3.8) is 0 Å². The Morgan fingerprint density at radius 2 is 0.828 bits per heavy atom. The van der Waals surface area contributed by atoms with Gasteiger partial charge in [0.2, 0.25) is 15.9 Å². The van der Waals surface area contributed by atoms with Crippen molar-refractivity contribution < 1.29 is 26.7 Å². The van der Waals surface area contributed by atoms with Crippen LogP contribution in [0.5, 0.6) is 0 Å². The second kappa shape index (κ2) is 35.2. The third-order valence-corrected chi connectivity index (χ3v) is 29.2. The molecule has 8 aromatic rings. The number of hydrogen-bond acceptors (Lipinski definition) is 26. The van der Waals surface area contributed by atoms with Gasteiger partial charge in [-0.25, -0.2) is 76.4 Å². The summed E-state index contributed by atoms with van der Waals surface area (Å²) < 4.78 is 50.2. The highest BCUT2D eigenvalue weighted by atomic mass is 35.5. The lowest BCUT2D eigenvalue weighted by atomic mass is 9.93. The van der Waals surface area contributed by atoms with Crippen LogP contribution in [0, 0.1) is 5.92 Å². The summed E-state index contributed by atoms with van der Waals surface area (Å²) in [6.45, 7) is 19.8. The summed E-state index contributed by atoms with van der Waals surface area (Å²) in [7, 11) is -4.56. The minimum atomic E-state index is -3.18. The average Bonchev–Trinajstić information content (AvgIpc) is 1.25. The first-order valence-electron chi connectivity index (χ1n) is 42.9. The van der Waals surface area contributed by atoms with E-state index in [4.69, 9.17) is 34.8 Å². The number of aromatic nitrogens is 12. The van der Waals surface area contributed by atoms with Crippen LogP contribution in [-0.2, 0) is 102 Å². The van der Waals surface area contributed by atoms with E-state index in [-0.39, 0.29) is 35.2 Å². The zero-order chi connectivity index (χ0) is 85.0. The molecule has 1 unspecified atom stereocenters. The fourth-order valence-electron chi connectivity index (χ4n) is 19.8.